The first-order valence-electron chi connectivity index (χ1n) is 8.75. The molecule has 2 nitrogen and oxygen atoms in total. The maximum atomic E-state index is 13.4. The summed E-state index contributed by atoms with van der Waals surface area (Å²) in [6.45, 7) is 14.1. The summed E-state index contributed by atoms with van der Waals surface area (Å²) in [5, 5.41) is 3.39. The van der Waals surface area contributed by atoms with Crippen LogP contribution in [0.3, 0.4) is 0 Å². The number of likely N-dealkylation sites (tertiary alicyclic amines) is 1. The predicted molar refractivity (Wildman–Crippen MR) is 95.6 cm³/mol. The Morgan fingerprint density at radius 1 is 1.14 bits per heavy atom. The molecule has 1 aromatic rings. The van der Waals surface area contributed by atoms with Crippen LogP contribution in [0.25, 0.3) is 0 Å². The van der Waals surface area contributed by atoms with Crippen LogP contribution in [0.15, 0.2) is 24.3 Å². The lowest BCUT2D eigenvalue weighted by Gasteiger charge is -2.22. The Kier molecular flexibility index (Phi) is 11.1. The van der Waals surface area contributed by atoms with Gasteiger partial charge in [0.1, 0.15) is 5.82 Å². The Hall–Kier alpha value is -0.930. The van der Waals surface area contributed by atoms with Crippen molar-refractivity contribution >= 4 is 0 Å². The third-order valence-electron chi connectivity index (χ3n) is 4.34. The number of nitrogens with zero attached hydrogens (tertiary/aromatic N) is 1. The predicted octanol–water partition coefficient (Wildman–Crippen LogP) is 4.70. The summed E-state index contributed by atoms with van der Waals surface area (Å²) in [5.74, 6) is 0.548. The fourth-order valence-corrected chi connectivity index (χ4v) is 2.82. The summed E-state index contributed by atoms with van der Waals surface area (Å²) < 4.78 is 13.4. The summed E-state index contributed by atoms with van der Waals surface area (Å²) in [7, 11) is 2.19. The van der Waals surface area contributed by atoms with E-state index in [9.17, 15) is 4.39 Å². The summed E-state index contributed by atoms with van der Waals surface area (Å²) >= 11 is 0. The van der Waals surface area contributed by atoms with Gasteiger partial charge in [0.2, 0.25) is 0 Å². The van der Waals surface area contributed by atoms with Crippen molar-refractivity contribution in [2.75, 3.05) is 13.6 Å². The molecule has 22 heavy (non-hydrogen) atoms. The van der Waals surface area contributed by atoms with Gasteiger partial charge in [0.25, 0.3) is 0 Å². The van der Waals surface area contributed by atoms with Crippen LogP contribution < -0.4 is 5.32 Å². The van der Waals surface area contributed by atoms with Gasteiger partial charge in [-0.3, -0.25) is 0 Å². The van der Waals surface area contributed by atoms with Crippen molar-refractivity contribution in [3.05, 3.63) is 35.6 Å². The van der Waals surface area contributed by atoms with Crippen LogP contribution in [0.5, 0.6) is 0 Å². The molecule has 3 heteroatoms. The highest BCUT2D eigenvalue weighted by atomic mass is 19.1. The number of rotatable bonds is 4. The molecule has 3 atom stereocenters. The summed E-state index contributed by atoms with van der Waals surface area (Å²) in [6.07, 6.45) is 1.22. The number of benzene rings is 1. The van der Waals surface area contributed by atoms with Crippen LogP contribution in [0, 0.1) is 11.7 Å². The second-order valence-corrected chi connectivity index (χ2v) is 5.47. The van der Waals surface area contributed by atoms with Gasteiger partial charge in [0, 0.05) is 24.2 Å². The van der Waals surface area contributed by atoms with Crippen molar-refractivity contribution in [1.82, 2.24) is 10.2 Å². The molecule has 1 aromatic carbocycles. The van der Waals surface area contributed by atoms with E-state index in [2.05, 4.69) is 31.1 Å². The van der Waals surface area contributed by atoms with Crippen LogP contribution >= 0.6 is 0 Å². The van der Waals surface area contributed by atoms with Crippen molar-refractivity contribution in [1.29, 1.82) is 0 Å². The first-order chi connectivity index (χ1) is 10.6. The largest absolute Gasteiger partial charge is 0.312 e. The van der Waals surface area contributed by atoms with Crippen molar-refractivity contribution < 1.29 is 4.39 Å². The third kappa shape index (κ3) is 6.05. The third-order valence-corrected chi connectivity index (χ3v) is 4.34. The van der Waals surface area contributed by atoms with Crippen LogP contribution in [-0.2, 0) is 6.54 Å². The minimum Gasteiger partial charge on any atom is -0.312 e. The maximum absolute atomic E-state index is 13.4. The lowest BCUT2D eigenvalue weighted by Crippen LogP contribution is -2.33. The number of hydrogen-bond acceptors (Lipinski definition) is 2. The number of hydrogen-bond donors (Lipinski definition) is 1. The Morgan fingerprint density at radius 3 is 2.23 bits per heavy atom. The molecule has 1 aliphatic rings. The van der Waals surface area contributed by atoms with E-state index in [-0.39, 0.29) is 5.82 Å². The zero-order chi connectivity index (χ0) is 17.1. The molecule has 0 amide bonds. The van der Waals surface area contributed by atoms with Crippen molar-refractivity contribution in [3.8, 4) is 0 Å². The molecule has 0 radical (unpaired) electrons. The molecule has 0 saturated carbocycles. The zero-order valence-corrected chi connectivity index (χ0v) is 15.5. The average molecular weight is 311 g/mol. The topological polar surface area (TPSA) is 15.3 Å². The molecule has 128 valence electrons. The highest BCUT2D eigenvalue weighted by molar-refractivity contribution is 5.16. The molecule has 1 aliphatic heterocycles. The molecular weight excluding hydrogens is 275 g/mol. The molecule has 2 unspecified atom stereocenters. The lowest BCUT2D eigenvalue weighted by molar-refractivity contribution is 0.247. The minimum atomic E-state index is -0.116. The van der Waals surface area contributed by atoms with Gasteiger partial charge in [0.15, 0.2) is 0 Å². The molecule has 0 spiro atoms. The molecule has 0 aliphatic carbocycles. The van der Waals surface area contributed by atoms with Crippen LogP contribution in [0.4, 0.5) is 4.39 Å². The average Bonchev–Trinajstić information content (AvgIpc) is 2.80. The molecule has 1 heterocycles. The Balaban J connectivity index is 0.00000102. The van der Waals surface area contributed by atoms with Gasteiger partial charge in [-0.25, -0.2) is 4.39 Å². The van der Waals surface area contributed by atoms with E-state index in [4.69, 9.17) is 0 Å². The quantitative estimate of drug-likeness (QED) is 0.867. The van der Waals surface area contributed by atoms with E-state index in [1.54, 1.807) is 6.07 Å². The van der Waals surface area contributed by atoms with Crippen LogP contribution in [0.1, 0.15) is 53.5 Å². The van der Waals surface area contributed by atoms with E-state index < -0.39 is 0 Å². The molecule has 0 bridgehead atoms. The fraction of sp³-hybridized carbons (Fsp3) is 0.684. The van der Waals surface area contributed by atoms with E-state index in [0.717, 1.165) is 12.1 Å². The van der Waals surface area contributed by atoms with Gasteiger partial charge < -0.3 is 10.2 Å². The Labute approximate surface area is 137 Å². The van der Waals surface area contributed by atoms with Crippen LogP contribution in [-0.4, -0.2) is 30.6 Å². The maximum Gasteiger partial charge on any atom is 0.127 e. The number of halogens is 1. The SMILES string of the molecule is CC.CC.CC1CC(CNCc2ccccc2F)[C@@H](C)N1C. The standard InChI is InChI=1S/C15H23FN2.2C2H6/c1-11-8-14(12(2)18(11)3)10-17-9-13-6-4-5-7-15(13)16;2*1-2/h4-7,11-12,14,17H,8-10H2,1-3H3;2*1-2H3/t11?,12-,14?;;/m1../s1. The smallest absolute Gasteiger partial charge is 0.127 e. The monoisotopic (exact) mass is 310 g/mol. The molecule has 2 rings (SSSR count). The van der Waals surface area contributed by atoms with Gasteiger partial charge >= 0.3 is 0 Å². The molecular formula is C19H35FN2. The van der Waals surface area contributed by atoms with E-state index in [1.165, 1.54) is 12.5 Å². The van der Waals surface area contributed by atoms with Gasteiger partial charge in [-0.05, 0) is 45.8 Å². The first kappa shape index (κ1) is 21.1. The zero-order valence-electron chi connectivity index (χ0n) is 15.5. The lowest BCUT2D eigenvalue weighted by atomic mass is 10.0. The van der Waals surface area contributed by atoms with E-state index in [1.807, 2.05) is 39.8 Å². The Morgan fingerprint density at radius 2 is 1.73 bits per heavy atom. The molecule has 1 saturated heterocycles. The molecule has 1 N–H and O–H groups in total. The number of nitrogens with one attached hydrogen (secondary N) is 1. The second-order valence-electron chi connectivity index (χ2n) is 5.47. The summed E-state index contributed by atoms with van der Waals surface area (Å²) in [6, 6.07) is 8.23. The summed E-state index contributed by atoms with van der Waals surface area (Å²) in [4.78, 5) is 2.43. The van der Waals surface area contributed by atoms with Crippen molar-refractivity contribution in [2.24, 2.45) is 5.92 Å². The molecule has 1 fully saturated rings. The van der Waals surface area contributed by atoms with Gasteiger partial charge in [-0.15, -0.1) is 0 Å². The van der Waals surface area contributed by atoms with Crippen molar-refractivity contribution in [2.45, 2.75) is 66.6 Å². The van der Waals surface area contributed by atoms with Gasteiger partial charge in [0.05, 0.1) is 0 Å². The van der Waals surface area contributed by atoms with Gasteiger partial charge in [-0.1, -0.05) is 45.9 Å². The van der Waals surface area contributed by atoms with E-state index >= 15 is 0 Å². The first-order valence-corrected chi connectivity index (χ1v) is 8.75. The highest BCUT2D eigenvalue weighted by Crippen LogP contribution is 2.27. The highest BCUT2D eigenvalue weighted by Gasteiger charge is 2.32. The molecule has 0 aromatic heterocycles. The fourth-order valence-electron chi connectivity index (χ4n) is 2.82. The normalized spacial score (nSPS) is 24.1. The Bertz CT molecular complexity index is 395. The minimum absolute atomic E-state index is 0.116. The second kappa shape index (κ2) is 11.6. The summed E-state index contributed by atoms with van der Waals surface area (Å²) in [5.41, 5.74) is 0.754. The van der Waals surface area contributed by atoms with E-state index in [0.29, 0.717) is 24.5 Å². The van der Waals surface area contributed by atoms with Crippen LogP contribution in [0.2, 0.25) is 0 Å². The van der Waals surface area contributed by atoms with Gasteiger partial charge in [-0.2, -0.15) is 0 Å². The van der Waals surface area contributed by atoms with Crippen molar-refractivity contribution in [3.63, 3.8) is 0 Å².